The summed E-state index contributed by atoms with van der Waals surface area (Å²) in [7, 11) is -3.36. The van der Waals surface area contributed by atoms with Crippen LogP contribution in [0, 0.1) is 5.92 Å². The van der Waals surface area contributed by atoms with E-state index in [1.54, 1.807) is 38.2 Å². The molecular formula is C14H17N3O3S. The molecule has 21 heavy (non-hydrogen) atoms. The van der Waals surface area contributed by atoms with E-state index in [1.165, 1.54) is 16.9 Å². The summed E-state index contributed by atoms with van der Waals surface area (Å²) >= 11 is 0. The number of hydrogen-bond donors (Lipinski definition) is 1. The molecule has 0 fully saturated rings. The van der Waals surface area contributed by atoms with Crippen molar-refractivity contribution in [2.24, 2.45) is 5.92 Å². The minimum atomic E-state index is -3.36. The fraction of sp³-hybridized carbons (Fsp3) is 0.286. The topological polar surface area (TPSA) is 81.1 Å². The molecule has 0 unspecified atom stereocenters. The monoisotopic (exact) mass is 307 g/mol. The molecule has 7 heteroatoms. The number of benzene rings is 1. The molecule has 0 aliphatic heterocycles. The van der Waals surface area contributed by atoms with Crippen LogP contribution < -0.4 is 5.32 Å². The second-order valence-electron chi connectivity index (χ2n) is 5.06. The van der Waals surface area contributed by atoms with Crippen molar-refractivity contribution in [2.45, 2.75) is 18.7 Å². The van der Waals surface area contributed by atoms with Crippen molar-refractivity contribution in [1.29, 1.82) is 0 Å². The van der Waals surface area contributed by atoms with Crippen LogP contribution in [0.25, 0.3) is 5.69 Å². The molecule has 0 bridgehead atoms. The van der Waals surface area contributed by atoms with Gasteiger partial charge in [-0.25, -0.2) is 13.1 Å². The second-order valence-corrected chi connectivity index (χ2v) is 7.04. The van der Waals surface area contributed by atoms with Crippen LogP contribution in [0.15, 0.2) is 41.6 Å². The van der Waals surface area contributed by atoms with Crippen molar-refractivity contribution in [1.82, 2.24) is 9.78 Å². The summed E-state index contributed by atoms with van der Waals surface area (Å²) in [6.45, 7) is 3.58. The number of amides is 1. The number of nitrogens with one attached hydrogen (secondary N) is 1. The molecule has 0 spiro atoms. The van der Waals surface area contributed by atoms with Crippen LogP contribution in [-0.2, 0) is 14.6 Å². The molecule has 0 aliphatic carbocycles. The molecule has 1 amide bonds. The highest BCUT2D eigenvalue weighted by Crippen LogP contribution is 2.20. The van der Waals surface area contributed by atoms with Crippen LogP contribution in [0.4, 0.5) is 5.69 Å². The SMILES string of the molecule is CC(C)C(=O)Nc1cnn(-c2ccccc2S(C)(=O)=O)c1. The van der Waals surface area contributed by atoms with E-state index in [2.05, 4.69) is 10.4 Å². The average molecular weight is 307 g/mol. The minimum Gasteiger partial charge on any atom is -0.323 e. The summed E-state index contributed by atoms with van der Waals surface area (Å²) in [6.07, 6.45) is 4.22. The Morgan fingerprint density at radius 3 is 2.57 bits per heavy atom. The Hall–Kier alpha value is -2.15. The van der Waals surface area contributed by atoms with E-state index in [1.807, 2.05) is 0 Å². The third-order valence-electron chi connectivity index (χ3n) is 2.89. The lowest BCUT2D eigenvalue weighted by Crippen LogP contribution is -2.17. The van der Waals surface area contributed by atoms with Crippen molar-refractivity contribution in [2.75, 3.05) is 11.6 Å². The molecule has 0 radical (unpaired) electrons. The van der Waals surface area contributed by atoms with Gasteiger partial charge in [0.15, 0.2) is 9.84 Å². The highest BCUT2D eigenvalue weighted by Gasteiger charge is 2.15. The van der Waals surface area contributed by atoms with E-state index in [9.17, 15) is 13.2 Å². The lowest BCUT2D eigenvalue weighted by Gasteiger charge is -2.07. The first kappa shape index (κ1) is 15.2. The smallest absolute Gasteiger partial charge is 0.227 e. The quantitative estimate of drug-likeness (QED) is 0.935. The van der Waals surface area contributed by atoms with Gasteiger partial charge in [-0.15, -0.1) is 0 Å². The molecule has 2 aromatic rings. The number of sulfone groups is 1. The number of nitrogens with zero attached hydrogens (tertiary/aromatic N) is 2. The van der Waals surface area contributed by atoms with Crippen molar-refractivity contribution in [3.8, 4) is 5.69 Å². The van der Waals surface area contributed by atoms with Gasteiger partial charge in [-0.1, -0.05) is 26.0 Å². The molecule has 0 saturated heterocycles. The number of carbonyl (C=O) groups excluding carboxylic acids is 1. The summed E-state index contributed by atoms with van der Waals surface area (Å²) in [5.41, 5.74) is 0.974. The standard InChI is InChI=1S/C14H17N3O3S/c1-10(2)14(18)16-11-8-15-17(9-11)12-6-4-5-7-13(12)21(3,19)20/h4-10H,1-3H3,(H,16,18). The Bertz CT molecular complexity index is 763. The van der Waals surface area contributed by atoms with E-state index >= 15 is 0 Å². The van der Waals surface area contributed by atoms with Gasteiger partial charge in [0.05, 0.1) is 28.7 Å². The molecule has 112 valence electrons. The Balaban J connectivity index is 2.37. The number of anilines is 1. The zero-order chi connectivity index (χ0) is 15.6. The summed E-state index contributed by atoms with van der Waals surface area (Å²) in [6, 6.07) is 6.58. The van der Waals surface area contributed by atoms with E-state index in [-0.39, 0.29) is 16.7 Å². The Kier molecular flexibility index (Phi) is 4.13. The van der Waals surface area contributed by atoms with E-state index in [0.717, 1.165) is 6.26 Å². The maximum atomic E-state index is 11.8. The maximum absolute atomic E-state index is 11.8. The van der Waals surface area contributed by atoms with Crippen LogP contribution in [0.1, 0.15) is 13.8 Å². The Morgan fingerprint density at radius 1 is 1.29 bits per heavy atom. The van der Waals surface area contributed by atoms with Crippen molar-refractivity contribution < 1.29 is 13.2 Å². The molecule has 1 aromatic heterocycles. The van der Waals surface area contributed by atoms with Gasteiger partial charge in [0.25, 0.3) is 0 Å². The van der Waals surface area contributed by atoms with E-state index < -0.39 is 9.84 Å². The normalized spacial score (nSPS) is 11.6. The number of hydrogen-bond acceptors (Lipinski definition) is 4. The van der Waals surface area contributed by atoms with Gasteiger partial charge in [0, 0.05) is 12.2 Å². The third-order valence-corrected chi connectivity index (χ3v) is 4.03. The van der Waals surface area contributed by atoms with Gasteiger partial charge >= 0.3 is 0 Å². The molecular weight excluding hydrogens is 290 g/mol. The highest BCUT2D eigenvalue weighted by atomic mass is 32.2. The zero-order valence-electron chi connectivity index (χ0n) is 12.1. The van der Waals surface area contributed by atoms with Crippen LogP contribution in [0.3, 0.4) is 0 Å². The second kappa shape index (κ2) is 5.69. The van der Waals surface area contributed by atoms with Crippen LogP contribution in [-0.4, -0.2) is 30.4 Å². The average Bonchev–Trinajstić information content (AvgIpc) is 2.86. The van der Waals surface area contributed by atoms with Gasteiger partial charge in [0.1, 0.15) is 0 Å². The Labute approximate surface area is 123 Å². The molecule has 6 nitrogen and oxygen atoms in total. The summed E-state index contributed by atoms with van der Waals surface area (Å²) in [4.78, 5) is 11.8. The lowest BCUT2D eigenvalue weighted by atomic mass is 10.2. The van der Waals surface area contributed by atoms with Gasteiger partial charge in [-0.05, 0) is 12.1 Å². The first-order chi connectivity index (χ1) is 9.79. The van der Waals surface area contributed by atoms with Crippen molar-refractivity contribution in [3.05, 3.63) is 36.7 Å². The Morgan fingerprint density at radius 2 is 1.95 bits per heavy atom. The fourth-order valence-electron chi connectivity index (χ4n) is 1.77. The van der Waals surface area contributed by atoms with E-state index in [4.69, 9.17) is 0 Å². The zero-order valence-corrected chi connectivity index (χ0v) is 12.9. The number of rotatable bonds is 4. The van der Waals surface area contributed by atoms with Crippen molar-refractivity contribution >= 4 is 21.4 Å². The van der Waals surface area contributed by atoms with Crippen LogP contribution in [0.2, 0.25) is 0 Å². The maximum Gasteiger partial charge on any atom is 0.227 e. The fourth-order valence-corrected chi connectivity index (χ4v) is 2.63. The van der Waals surface area contributed by atoms with E-state index in [0.29, 0.717) is 11.4 Å². The minimum absolute atomic E-state index is 0.119. The van der Waals surface area contributed by atoms with Gasteiger partial charge in [-0.2, -0.15) is 5.10 Å². The summed E-state index contributed by atoms with van der Waals surface area (Å²) in [5, 5.41) is 6.83. The molecule has 1 N–H and O–H groups in total. The summed E-state index contributed by atoms with van der Waals surface area (Å²) < 4.78 is 25.0. The van der Waals surface area contributed by atoms with Crippen LogP contribution in [0.5, 0.6) is 0 Å². The lowest BCUT2D eigenvalue weighted by molar-refractivity contribution is -0.118. The number of para-hydroxylation sites is 1. The van der Waals surface area contributed by atoms with Crippen LogP contribution >= 0.6 is 0 Å². The van der Waals surface area contributed by atoms with Gasteiger partial charge < -0.3 is 5.32 Å². The predicted octanol–water partition coefficient (Wildman–Crippen LogP) is 1.87. The molecule has 2 rings (SSSR count). The first-order valence-corrected chi connectivity index (χ1v) is 8.33. The molecule has 0 atom stereocenters. The third kappa shape index (κ3) is 3.49. The largest absolute Gasteiger partial charge is 0.323 e. The first-order valence-electron chi connectivity index (χ1n) is 6.44. The van der Waals surface area contributed by atoms with Crippen molar-refractivity contribution in [3.63, 3.8) is 0 Å². The molecule has 1 heterocycles. The highest BCUT2D eigenvalue weighted by molar-refractivity contribution is 7.90. The number of carbonyl (C=O) groups is 1. The molecule has 0 saturated carbocycles. The summed E-state index contributed by atoms with van der Waals surface area (Å²) in [5.74, 6) is -0.261. The molecule has 1 aromatic carbocycles. The van der Waals surface area contributed by atoms with Gasteiger partial charge in [0.2, 0.25) is 5.91 Å². The number of aromatic nitrogens is 2. The van der Waals surface area contributed by atoms with Gasteiger partial charge in [-0.3, -0.25) is 4.79 Å². The molecule has 0 aliphatic rings. The predicted molar refractivity (Wildman–Crippen MR) is 80.1 cm³/mol.